The molecule has 2 aromatic rings. The lowest BCUT2D eigenvalue weighted by molar-refractivity contribution is 0.416. The zero-order valence-corrected chi connectivity index (χ0v) is 16.5. The van der Waals surface area contributed by atoms with Crippen LogP contribution in [0.3, 0.4) is 0 Å². The molecule has 0 amide bonds. The summed E-state index contributed by atoms with van der Waals surface area (Å²) in [4.78, 5) is 0. The minimum absolute atomic E-state index is 0.388. The van der Waals surface area contributed by atoms with Crippen molar-refractivity contribution in [2.45, 2.75) is 32.1 Å². The predicted octanol–water partition coefficient (Wildman–Crippen LogP) is 6.97. The van der Waals surface area contributed by atoms with Crippen LogP contribution in [0, 0.1) is 0 Å². The van der Waals surface area contributed by atoms with Crippen LogP contribution in [0.15, 0.2) is 119 Å². The Hall–Kier alpha value is -3.06. The Balaban J connectivity index is 2.16. The van der Waals surface area contributed by atoms with Gasteiger partial charge in [-0.15, -0.1) is 0 Å². The maximum atomic E-state index is 10.9. The van der Waals surface area contributed by atoms with Gasteiger partial charge in [-0.1, -0.05) is 90.5 Å². The molecule has 0 fully saturated rings. The number of rotatable bonds is 3. The largest absolute Gasteiger partial charge is 0.508 e. The molecule has 0 atom stereocenters. The number of benzene rings is 2. The number of hydrogen-bond donors (Lipinski definition) is 1. The van der Waals surface area contributed by atoms with Crippen molar-refractivity contribution in [1.29, 1.82) is 0 Å². The molecule has 0 spiro atoms. The second-order valence-electron chi connectivity index (χ2n) is 7.49. The number of aliphatic hydroxyl groups is 1. The van der Waals surface area contributed by atoms with Gasteiger partial charge in [0.25, 0.3) is 0 Å². The Morgan fingerprint density at radius 3 is 2.11 bits per heavy atom. The predicted molar refractivity (Wildman–Crippen MR) is 117 cm³/mol. The number of aliphatic hydroxyl groups excluding tert-OH is 1. The van der Waals surface area contributed by atoms with Crippen molar-refractivity contribution in [2.75, 3.05) is 0 Å². The van der Waals surface area contributed by atoms with Crippen LogP contribution in [-0.2, 0) is 5.41 Å². The molecular weight excluding hydrogens is 340 g/mol. The lowest BCUT2D eigenvalue weighted by Gasteiger charge is -2.44. The Morgan fingerprint density at radius 1 is 0.929 bits per heavy atom. The van der Waals surface area contributed by atoms with Gasteiger partial charge in [-0.25, -0.2) is 0 Å². The van der Waals surface area contributed by atoms with E-state index in [2.05, 4.69) is 92.7 Å². The second-order valence-corrected chi connectivity index (χ2v) is 7.49. The highest BCUT2D eigenvalue weighted by atomic mass is 16.3. The van der Waals surface area contributed by atoms with Crippen LogP contribution in [0.2, 0.25) is 0 Å². The van der Waals surface area contributed by atoms with E-state index in [9.17, 15) is 5.11 Å². The van der Waals surface area contributed by atoms with Gasteiger partial charge in [0.15, 0.2) is 0 Å². The van der Waals surface area contributed by atoms with Gasteiger partial charge in [0.2, 0.25) is 0 Å². The van der Waals surface area contributed by atoms with E-state index in [1.165, 1.54) is 27.8 Å². The third-order valence-corrected chi connectivity index (χ3v) is 5.89. The third-order valence-electron chi connectivity index (χ3n) is 5.89. The van der Waals surface area contributed by atoms with Crippen LogP contribution in [0.4, 0.5) is 0 Å². The number of allylic oxidation sites excluding steroid dienone is 9. The lowest BCUT2D eigenvalue weighted by Crippen LogP contribution is -2.36. The lowest BCUT2D eigenvalue weighted by atomic mass is 9.58. The van der Waals surface area contributed by atoms with E-state index in [1.807, 2.05) is 12.2 Å². The first kappa shape index (κ1) is 18.3. The highest BCUT2D eigenvalue weighted by Crippen LogP contribution is 2.54. The molecule has 4 rings (SSSR count). The van der Waals surface area contributed by atoms with E-state index in [-0.39, 0.29) is 0 Å². The standard InChI is InChI=1S/C27H26O/c1-3-12-24-20(2)19-23-25(17-10-11-18-26(23)28)27(24,21-13-6-4-7-14-21)22-15-8-5-9-16-22/h3-16,18,28H,17,19H2,1-2H3/b12-3-. The monoisotopic (exact) mass is 366 g/mol. The van der Waals surface area contributed by atoms with Gasteiger partial charge in [-0.2, -0.15) is 0 Å². The summed E-state index contributed by atoms with van der Waals surface area (Å²) in [6.45, 7) is 4.28. The summed E-state index contributed by atoms with van der Waals surface area (Å²) in [7, 11) is 0. The number of hydrogen-bond acceptors (Lipinski definition) is 1. The van der Waals surface area contributed by atoms with Crippen LogP contribution in [0.5, 0.6) is 0 Å². The van der Waals surface area contributed by atoms with Crippen LogP contribution in [-0.4, -0.2) is 5.11 Å². The summed E-state index contributed by atoms with van der Waals surface area (Å²) >= 11 is 0. The highest BCUT2D eigenvalue weighted by molar-refractivity contribution is 5.67. The van der Waals surface area contributed by atoms with Crippen molar-refractivity contribution in [2.24, 2.45) is 0 Å². The van der Waals surface area contributed by atoms with E-state index in [4.69, 9.17) is 0 Å². The Bertz CT molecular complexity index is 975. The van der Waals surface area contributed by atoms with E-state index >= 15 is 0 Å². The van der Waals surface area contributed by atoms with Gasteiger partial charge in [0, 0.05) is 0 Å². The molecular formula is C27H26O. The Kier molecular flexibility index (Phi) is 4.92. The molecule has 0 aromatic heterocycles. The van der Waals surface area contributed by atoms with Crippen molar-refractivity contribution in [3.05, 3.63) is 130 Å². The maximum Gasteiger partial charge on any atom is 0.119 e. The van der Waals surface area contributed by atoms with Gasteiger partial charge < -0.3 is 5.11 Å². The van der Waals surface area contributed by atoms with Crippen molar-refractivity contribution < 1.29 is 5.11 Å². The second kappa shape index (κ2) is 7.52. The summed E-state index contributed by atoms with van der Waals surface area (Å²) in [6, 6.07) is 21.4. The molecule has 140 valence electrons. The first-order chi connectivity index (χ1) is 13.7. The Morgan fingerprint density at radius 2 is 1.54 bits per heavy atom. The Labute approximate surface area is 167 Å². The fourth-order valence-electron chi connectivity index (χ4n) is 4.78. The summed E-state index contributed by atoms with van der Waals surface area (Å²) in [5.41, 5.74) is 7.01. The average Bonchev–Trinajstić information content (AvgIpc) is 2.92. The molecule has 1 N–H and O–H groups in total. The molecule has 0 heterocycles. The zero-order valence-electron chi connectivity index (χ0n) is 16.5. The molecule has 0 radical (unpaired) electrons. The topological polar surface area (TPSA) is 20.2 Å². The normalized spacial score (nSPS) is 18.9. The third kappa shape index (κ3) is 2.79. The van der Waals surface area contributed by atoms with E-state index in [1.54, 1.807) is 0 Å². The summed E-state index contributed by atoms with van der Waals surface area (Å²) < 4.78 is 0. The molecule has 0 unspecified atom stereocenters. The fraction of sp³-hybridized carbons (Fsp3) is 0.185. The summed E-state index contributed by atoms with van der Waals surface area (Å²) in [5, 5.41) is 10.9. The molecule has 1 nitrogen and oxygen atoms in total. The van der Waals surface area contributed by atoms with Crippen LogP contribution in [0.1, 0.15) is 37.8 Å². The van der Waals surface area contributed by atoms with Crippen molar-refractivity contribution >= 4 is 0 Å². The maximum absolute atomic E-state index is 10.9. The molecule has 28 heavy (non-hydrogen) atoms. The van der Waals surface area contributed by atoms with Gasteiger partial charge in [0.05, 0.1) is 5.41 Å². The molecule has 0 saturated heterocycles. The minimum Gasteiger partial charge on any atom is -0.508 e. The molecule has 1 heteroatoms. The van der Waals surface area contributed by atoms with Gasteiger partial charge in [0.1, 0.15) is 5.76 Å². The van der Waals surface area contributed by atoms with Gasteiger partial charge in [-0.3, -0.25) is 0 Å². The quantitative estimate of drug-likeness (QED) is 0.622. The van der Waals surface area contributed by atoms with Crippen LogP contribution in [0.25, 0.3) is 0 Å². The molecule has 2 aliphatic rings. The SMILES string of the molecule is C/C=C\C1=C(C)CC2=C(CC=CC=C2O)C1(c1ccccc1)c1ccccc1. The van der Waals surface area contributed by atoms with Gasteiger partial charge in [-0.05, 0) is 60.6 Å². The summed E-state index contributed by atoms with van der Waals surface area (Å²) in [6.07, 6.45) is 11.9. The van der Waals surface area contributed by atoms with E-state index in [0.29, 0.717) is 5.76 Å². The van der Waals surface area contributed by atoms with E-state index in [0.717, 1.165) is 18.4 Å². The molecule has 2 aromatic carbocycles. The smallest absolute Gasteiger partial charge is 0.119 e. The first-order valence-electron chi connectivity index (χ1n) is 9.92. The van der Waals surface area contributed by atoms with Crippen molar-refractivity contribution in [3.8, 4) is 0 Å². The van der Waals surface area contributed by atoms with Crippen LogP contribution < -0.4 is 0 Å². The molecule has 0 saturated carbocycles. The van der Waals surface area contributed by atoms with Crippen molar-refractivity contribution in [3.63, 3.8) is 0 Å². The zero-order chi connectivity index (χ0) is 19.6. The van der Waals surface area contributed by atoms with Gasteiger partial charge >= 0.3 is 0 Å². The molecule has 0 bridgehead atoms. The minimum atomic E-state index is -0.413. The van der Waals surface area contributed by atoms with E-state index < -0.39 is 5.41 Å². The molecule has 0 aliphatic heterocycles. The summed E-state index contributed by atoms with van der Waals surface area (Å²) in [5.74, 6) is 0.388. The molecule has 2 aliphatic carbocycles. The fourth-order valence-corrected chi connectivity index (χ4v) is 4.78. The van der Waals surface area contributed by atoms with Crippen molar-refractivity contribution in [1.82, 2.24) is 0 Å². The van der Waals surface area contributed by atoms with Crippen LogP contribution >= 0.6 is 0 Å². The highest BCUT2D eigenvalue weighted by Gasteiger charge is 2.45. The average molecular weight is 367 g/mol. The first-order valence-corrected chi connectivity index (χ1v) is 9.92.